The summed E-state index contributed by atoms with van der Waals surface area (Å²) in [4.78, 5) is 17.8. The van der Waals surface area contributed by atoms with Gasteiger partial charge in [0.25, 0.3) is 5.56 Å². The van der Waals surface area contributed by atoms with Crippen molar-refractivity contribution >= 4 is 28.7 Å². The molecular formula is C25H29F2N5O3S. The quantitative estimate of drug-likeness (QED) is 0.444. The first kappa shape index (κ1) is 24.9. The van der Waals surface area contributed by atoms with Crippen molar-refractivity contribution in [3.63, 3.8) is 0 Å². The second kappa shape index (κ2) is 10.3. The van der Waals surface area contributed by atoms with E-state index < -0.39 is 17.4 Å². The van der Waals surface area contributed by atoms with E-state index in [0.29, 0.717) is 17.5 Å². The SMILES string of the molecule is CCN(C)SNc1ccc(F)c(Oc2ccc3ncn(C4COC5(CCNCC5)C4)c(=O)c3c2)c1F. The topological polar surface area (TPSA) is 80.7 Å². The molecule has 3 aromatic rings. The standard InChI is InChI=1S/C25H29F2N5O3S/c1-3-31(2)36-30-21-7-5-19(26)23(22(21)27)35-17-4-6-20-18(12-17)24(33)32(15-29-20)16-13-25(34-14-16)8-10-28-11-9-25/h4-7,12,15-16,28,30H,3,8-11,13-14H2,1-2H3. The first-order valence-corrected chi connectivity index (χ1v) is 12.8. The number of rotatable bonds is 7. The predicted molar refractivity (Wildman–Crippen MR) is 136 cm³/mol. The van der Waals surface area contributed by atoms with Crippen LogP contribution in [-0.2, 0) is 4.74 Å². The lowest BCUT2D eigenvalue weighted by Crippen LogP contribution is -2.41. The summed E-state index contributed by atoms with van der Waals surface area (Å²) < 4.78 is 47.6. The monoisotopic (exact) mass is 517 g/mol. The van der Waals surface area contributed by atoms with Gasteiger partial charge in [-0.3, -0.25) is 9.36 Å². The maximum absolute atomic E-state index is 15.1. The van der Waals surface area contributed by atoms with Crippen LogP contribution in [-0.4, -0.2) is 52.7 Å². The van der Waals surface area contributed by atoms with Crippen LogP contribution in [0.15, 0.2) is 41.5 Å². The number of nitrogens with zero attached hydrogens (tertiary/aromatic N) is 3. The van der Waals surface area contributed by atoms with E-state index >= 15 is 4.39 Å². The number of ether oxygens (including phenoxy) is 2. The van der Waals surface area contributed by atoms with Crippen molar-refractivity contribution in [3.05, 3.63) is 58.6 Å². The molecule has 1 spiro atoms. The molecule has 2 aromatic carbocycles. The molecule has 3 heterocycles. The van der Waals surface area contributed by atoms with Crippen LogP contribution in [0.5, 0.6) is 11.5 Å². The normalized spacial score (nSPS) is 19.3. The second-order valence-corrected chi connectivity index (χ2v) is 10.2. The van der Waals surface area contributed by atoms with E-state index in [1.165, 1.54) is 24.3 Å². The van der Waals surface area contributed by atoms with Crippen LogP contribution in [0.3, 0.4) is 0 Å². The van der Waals surface area contributed by atoms with Gasteiger partial charge in [-0.05, 0) is 69.7 Å². The van der Waals surface area contributed by atoms with Crippen LogP contribution in [0.25, 0.3) is 10.9 Å². The van der Waals surface area contributed by atoms with Gasteiger partial charge in [0.1, 0.15) is 5.75 Å². The average Bonchev–Trinajstić information content (AvgIpc) is 3.29. The molecule has 2 fully saturated rings. The molecule has 36 heavy (non-hydrogen) atoms. The van der Waals surface area contributed by atoms with Crippen LogP contribution in [0, 0.1) is 11.6 Å². The summed E-state index contributed by atoms with van der Waals surface area (Å²) in [6.07, 6.45) is 4.13. The van der Waals surface area contributed by atoms with Crippen molar-refractivity contribution in [3.8, 4) is 11.5 Å². The van der Waals surface area contributed by atoms with Gasteiger partial charge in [0.2, 0.25) is 5.75 Å². The molecule has 11 heteroatoms. The predicted octanol–water partition coefficient (Wildman–Crippen LogP) is 4.48. The largest absolute Gasteiger partial charge is 0.451 e. The van der Waals surface area contributed by atoms with Gasteiger partial charge in [0.15, 0.2) is 11.6 Å². The van der Waals surface area contributed by atoms with Crippen LogP contribution in [0.4, 0.5) is 14.5 Å². The fourth-order valence-corrected chi connectivity index (χ4v) is 5.22. The summed E-state index contributed by atoms with van der Waals surface area (Å²) in [5.41, 5.74) is 0.137. The third-order valence-electron chi connectivity index (χ3n) is 6.88. The number of halogens is 2. The Balaban J connectivity index is 1.41. The molecule has 1 aromatic heterocycles. The van der Waals surface area contributed by atoms with E-state index in [4.69, 9.17) is 9.47 Å². The highest BCUT2D eigenvalue weighted by Gasteiger charge is 2.42. The lowest BCUT2D eigenvalue weighted by molar-refractivity contribution is -0.0196. The molecule has 0 aliphatic carbocycles. The fourth-order valence-electron chi connectivity index (χ4n) is 4.68. The molecule has 2 aliphatic rings. The van der Waals surface area contributed by atoms with Crippen LogP contribution in [0.2, 0.25) is 0 Å². The molecule has 1 atom stereocenters. The Labute approximate surface area is 212 Å². The van der Waals surface area contributed by atoms with Crippen molar-refractivity contribution < 1.29 is 18.3 Å². The molecule has 1 unspecified atom stereocenters. The van der Waals surface area contributed by atoms with E-state index in [1.54, 1.807) is 23.0 Å². The number of hydrogen-bond donors (Lipinski definition) is 2. The van der Waals surface area contributed by atoms with Gasteiger partial charge >= 0.3 is 0 Å². The maximum Gasteiger partial charge on any atom is 0.261 e. The Kier molecular flexibility index (Phi) is 7.16. The molecule has 0 bridgehead atoms. The molecule has 0 amide bonds. The second-order valence-electron chi connectivity index (χ2n) is 9.22. The number of piperidine rings is 1. The number of nitrogens with one attached hydrogen (secondary N) is 2. The van der Waals surface area contributed by atoms with E-state index in [0.717, 1.165) is 45.0 Å². The minimum atomic E-state index is -0.855. The van der Waals surface area contributed by atoms with E-state index in [1.807, 2.05) is 18.3 Å². The highest BCUT2D eigenvalue weighted by Crippen LogP contribution is 2.39. The molecule has 8 nitrogen and oxygen atoms in total. The van der Waals surface area contributed by atoms with Crippen molar-refractivity contribution in [2.75, 3.05) is 38.0 Å². The molecule has 5 rings (SSSR count). The van der Waals surface area contributed by atoms with Crippen molar-refractivity contribution in [2.45, 2.75) is 37.8 Å². The zero-order chi connectivity index (χ0) is 25.3. The lowest BCUT2D eigenvalue weighted by Gasteiger charge is -2.32. The Hall–Kier alpha value is -2.73. The van der Waals surface area contributed by atoms with Gasteiger partial charge in [-0.2, -0.15) is 0 Å². The van der Waals surface area contributed by atoms with Crippen molar-refractivity contribution in [2.24, 2.45) is 0 Å². The third-order valence-corrected chi connectivity index (χ3v) is 7.76. The first-order chi connectivity index (χ1) is 17.4. The lowest BCUT2D eigenvalue weighted by atomic mass is 9.88. The summed E-state index contributed by atoms with van der Waals surface area (Å²) in [7, 11) is 1.84. The molecule has 0 saturated carbocycles. The van der Waals surface area contributed by atoms with Gasteiger partial charge in [0.05, 0.1) is 41.2 Å². The Morgan fingerprint density at radius 2 is 2.11 bits per heavy atom. The molecule has 192 valence electrons. The molecule has 0 radical (unpaired) electrons. The Morgan fingerprint density at radius 3 is 2.89 bits per heavy atom. The zero-order valence-electron chi connectivity index (χ0n) is 20.2. The van der Waals surface area contributed by atoms with E-state index in [2.05, 4.69) is 15.0 Å². The zero-order valence-corrected chi connectivity index (χ0v) is 21.0. The summed E-state index contributed by atoms with van der Waals surface area (Å²) in [6.45, 7) is 4.94. The summed E-state index contributed by atoms with van der Waals surface area (Å²) in [5, 5.41) is 3.66. The van der Waals surface area contributed by atoms with Crippen LogP contribution >= 0.6 is 12.1 Å². The van der Waals surface area contributed by atoms with Gasteiger partial charge < -0.3 is 19.5 Å². The van der Waals surface area contributed by atoms with Crippen LogP contribution < -0.4 is 20.3 Å². The molecule has 2 N–H and O–H groups in total. The minimum absolute atomic E-state index is 0.0922. The highest BCUT2D eigenvalue weighted by atomic mass is 32.2. The number of anilines is 1. The molecule has 2 saturated heterocycles. The van der Waals surface area contributed by atoms with E-state index in [-0.39, 0.29) is 28.6 Å². The fraction of sp³-hybridized carbons (Fsp3) is 0.440. The summed E-state index contributed by atoms with van der Waals surface area (Å²) in [5.74, 6) is -2.10. The average molecular weight is 518 g/mol. The van der Waals surface area contributed by atoms with Gasteiger partial charge in [-0.1, -0.05) is 6.92 Å². The van der Waals surface area contributed by atoms with Crippen LogP contribution in [0.1, 0.15) is 32.2 Å². The van der Waals surface area contributed by atoms with Gasteiger partial charge in [-0.15, -0.1) is 0 Å². The maximum atomic E-state index is 15.1. The number of hydrogen-bond acceptors (Lipinski definition) is 8. The smallest absolute Gasteiger partial charge is 0.261 e. The molecular weight excluding hydrogens is 488 g/mol. The third kappa shape index (κ3) is 4.93. The Morgan fingerprint density at radius 1 is 1.31 bits per heavy atom. The number of aromatic nitrogens is 2. The van der Waals surface area contributed by atoms with Gasteiger partial charge in [0, 0.05) is 18.7 Å². The minimum Gasteiger partial charge on any atom is -0.451 e. The number of fused-ring (bicyclic) bond motifs is 1. The summed E-state index contributed by atoms with van der Waals surface area (Å²) in [6, 6.07) is 6.97. The Bertz CT molecular complexity index is 1310. The highest BCUT2D eigenvalue weighted by molar-refractivity contribution is 7.98. The summed E-state index contributed by atoms with van der Waals surface area (Å²) >= 11 is 1.19. The van der Waals surface area contributed by atoms with E-state index in [9.17, 15) is 9.18 Å². The number of benzene rings is 2. The van der Waals surface area contributed by atoms with Gasteiger partial charge in [-0.25, -0.2) is 18.1 Å². The van der Waals surface area contributed by atoms with Crippen molar-refractivity contribution in [1.29, 1.82) is 0 Å². The van der Waals surface area contributed by atoms with Crippen molar-refractivity contribution in [1.82, 2.24) is 19.2 Å². The first-order valence-electron chi connectivity index (χ1n) is 12.0. The molecule has 2 aliphatic heterocycles.